The molecule has 3 rings (SSSR count). The normalized spacial score (nSPS) is 13.3. The second-order valence-corrected chi connectivity index (χ2v) is 11.8. The van der Waals surface area contributed by atoms with E-state index in [4.69, 9.17) is 4.74 Å². The van der Waals surface area contributed by atoms with Gasteiger partial charge in [0.05, 0.1) is 18.0 Å². The Balaban J connectivity index is 2.11. The standard InChI is InChI=1S/C31H42N2O2S/c1-20(2)25-18-28(21(3)4)31(29(19-25)22(5)6)36(34)32-30(24-12-16-27(35-9)17-13-24)23-10-14-26(15-11-23)33(7)8/h10-22,30,32H,1-9H3/t30-,36?/m0/s1. The maximum atomic E-state index is 14.2. The zero-order valence-corrected chi connectivity index (χ0v) is 24.1. The van der Waals surface area contributed by atoms with Crippen LogP contribution in [0.15, 0.2) is 65.6 Å². The molecule has 0 aliphatic carbocycles. The molecule has 3 aromatic carbocycles. The van der Waals surface area contributed by atoms with Crippen molar-refractivity contribution >= 4 is 16.7 Å². The fraction of sp³-hybridized carbons (Fsp3) is 0.419. The van der Waals surface area contributed by atoms with Crippen LogP contribution in [0.5, 0.6) is 5.75 Å². The molecule has 1 unspecified atom stereocenters. The molecule has 0 spiro atoms. The summed E-state index contributed by atoms with van der Waals surface area (Å²) in [5, 5.41) is 0. The van der Waals surface area contributed by atoms with E-state index >= 15 is 0 Å². The lowest BCUT2D eigenvalue weighted by Gasteiger charge is -2.25. The smallest absolute Gasteiger partial charge is 0.126 e. The fourth-order valence-electron chi connectivity index (χ4n) is 4.36. The molecule has 0 amide bonds. The Hall–Kier alpha value is -2.63. The number of benzene rings is 3. The first-order chi connectivity index (χ1) is 17.0. The van der Waals surface area contributed by atoms with Gasteiger partial charge in [-0.2, -0.15) is 0 Å². The summed E-state index contributed by atoms with van der Waals surface area (Å²) in [4.78, 5) is 3.01. The molecule has 194 valence electrons. The van der Waals surface area contributed by atoms with Gasteiger partial charge in [-0.1, -0.05) is 77.9 Å². The van der Waals surface area contributed by atoms with Gasteiger partial charge in [0.1, 0.15) is 16.7 Å². The van der Waals surface area contributed by atoms with Crippen LogP contribution in [0.2, 0.25) is 0 Å². The third-order valence-electron chi connectivity index (χ3n) is 6.68. The number of hydrogen-bond donors (Lipinski definition) is 1. The van der Waals surface area contributed by atoms with Crippen LogP contribution >= 0.6 is 0 Å². The van der Waals surface area contributed by atoms with Crippen LogP contribution in [0.4, 0.5) is 5.69 Å². The molecule has 0 saturated heterocycles. The molecule has 2 atom stereocenters. The molecule has 0 heterocycles. The van der Waals surface area contributed by atoms with Crippen LogP contribution in [0, 0.1) is 0 Å². The quantitative estimate of drug-likeness (QED) is 0.309. The summed E-state index contributed by atoms with van der Waals surface area (Å²) in [5.41, 5.74) is 6.85. The minimum Gasteiger partial charge on any atom is -0.497 e. The first-order valence-corrected chi connectivity index (χ1v) is 13.9. The SMILES string of the molecule is COc1ccc([C@@H](NS(=O)c2c(C(C)C)cc(C(C)C)cc2C(C)C)c2ccc(N(C)C)cc2)cc1. The highest BCUT2D eigenvalue weighted by molar-refractivity contribution is 7.83. The van der Waals surface area contributed by atoms with Gasteiger partial charge < -0.3 is 9.64 Å². The zero-order valence-electron chi connectivity index (χ0n) is 23.3. The van der Waals surface area contributed by atoms with E-state index in [1.54, 1.807) is 7.11 Å². The van der Waals surface area contributed by atoms with E-state index in [1.807, 2.05) is 38.4 Å². The number of nitrogens with zero attached hydrogens (tertiary/aromatic N) is 1. The van der Waals surface area contributed by atoms with Gasteiger partial charge in [0, 0.05) is 19.8 Å². The predicted octanol–water partition coefficient (Wildman–Crippen LogP) is 7.53. The first-order valence-electron chi connectivity index (χ1n) is 12.8. The highest BCUT2D eigenvalue weighted by Gasteiger charge is 2.25. The van der Waals surface area contributed by atoms with E-state index in [0.29, 0.717) is 5.92 Å². The number of methoxy groups -OCH3 is 1. The van der Waals surface area contributed by atoms with E-state index in [9.17, 15) is 4.21 Å². The average Bonchev–Trinajstić information content (AvgIpc) is 2.86. The summed E-state index contributed by atoms with van der Waals surface area (Å²) in [6.07, 6.45) is 0. The van der Waals surface area contributed by atoms with Gasteiger partial charge in [0.2, 0.25) is 0 Å². The molecule has 0 aromatic heterocycles. The Morgan fingerprint density at radius 3 is 1.58 bits per heavy atom. The lowest BCUT2D eigenvalue weighted by molar-refractivity contribution is 0.414. The van der Waals surface area contributed by atoms with Crippen molar-refractivity contribution in [3.63, 3.8) is 0 Å². The molecule has 36 heavy (non-hydrogen) atoms. The van der Waals surface area contributed by atoms with Crippen LogP contribution in [0.3, 0.4) is 0 Å². The van der Waals surface area contributed by atoms with Crippen molar-refractivity contribution < 1.29 is 8.95 Å². The summed E-state index contributed by atoms with van der Waals surface area (Å²) >= 11 is 0. The molecule has 0 radical (unpaired) electrons. The van der Waals surface area contributed by atoms with Crippen molar-refractivity contribution in [1.29, 1.82) is 0 Å². The van der Waals surface area contributed by atoms with Crippen molar-refractivity contribution in [1.82, 2.24) is 4.72 Å². The third kappa shape index (κ3) is 6.37. The Labute approximate surface area is 220 Å². The van der Waals surface area contributed by atoms with E-state index in [-0.39, 0.29) is 17.9 Å². The molecular weight excluding hydrogens is 464 g/mol. The second kappa shape index (κ2) is 12.1. The molecule has 0 saturated carbocycles. The van der Waals surface area contributed by atoms with Crippen molar-refractivity contribution in [2.75, 3.05) is 26.1 Å². The van der Waals surface area contributed by atoms with Crippen molar-refractivity contribution in [3.8, 4) is 5.75 Å². The van der Waals surface area contributed by atoms with E-state index in [2.05, 4.69) is 87.6 Å². The molecule has 3 aromatic rings. The van der Waals surface area contributed by atoms with Gasteiger partial charge in [-0.15, -0.1) is 0 Å². The summed E-state index contributed by atoms with van der Waals surface area (Å²) in [6, 6.07) is 20.7. The largest absolute Gasteiger partial charge is 0.497 e. The molecule has 5 heteroatoms. The maximum Gasteiger partial charge on any atom is 0.126 e. The van der Waals surface area contributed by atoms with E-state index in [1.165, 1.54) is 5.56 Å². The molecular formula is C31H42N2O2S. The predicted molar refractivity (Wildman–Crippen MR) is 154 cm³/mol. The van der Waals surface area contributed by atoms with Crippen LogP contribution in [-0.4, -0.2) is 25.4 Å². The van der Waals surface area contributed by atoms with Gasteiger partial charge >= 0.3 is 0 Å². The van der Waals surface area contributed by atoms with Gasteiger partial charge in [-0.05, 0) is 69.8 Å². The van der Waals surface area contributed by atoms with Crippen molar-refractivity contribution in [2.45, 2.75) is 70.2 Å². The summed E-state index contributed by atoms with van der Waals surface area (Å²) in [7, 11) is 4.32. The number of anilines is 1. The van der Waals surface area contributed by atoms with Gasteiger partial charge in [0.25, 0.3) is 0 Å². The lowest BCUT2D eigenvalue weighted by Crippen LogP contribution is -2.27. The molecule has 0 aliphatic heterocycles. The monoisotopic (exact) mass is 506 g/mol. The van der Waals surface area contributed by atoms with Crippen LogP contribution in [0.25, 0.3) is 0 Å². The lowest BCUT2D eigenvalue weighted by atomic mass is 9.89. The Bertz CT molecular complexity index is 1140. The zero-order chi connectivity index (χ0) is 26.6. The van der Waals surface area contributed by atoms with Crippen molar-refractivity contribution in [3.05, 3.63) is 88.5 Å². The fourth-order valence-corrected chi connectivity index (χ4v) is 5.98. The second-order valence-electron chi connectivity index (χ2n) is 10.6. The minimum absolute atomic E-state index is 0.238. The van der Waals surface area contributed by atoms with Gasteiger partial charge in [-0.3, -0.25) is 0 Å². The maximum absolute atomic E-state index is 14.2. The number of rotatable bonds is 10. The third-order valence-corrected chi connectivity index (χ3v) is 7.97. The first kappa shape index (κ1) is 27.9. The molecule has 0 aliphatic rings. The molecule has 0 bridgehead atoms. The van der Waals surface area contributed by atoms with Crippen LogP contribution < -0.4 is 14.4 Å². The van der Waals surface area contributed by atoms with E-state index < -0.39 is 11.0 Å². The van der Waals surface area contributed by atoms with Gasteiger partial charge in [-0.25, -0.2) is 8.93 Å². The molecule has 4 nitrogen and oxygen atoms in total. The Morgan fingerprint density at radius 2 is 1.19 bits per heavy atom. The van der Waals surface area contributed by atoms with Crippen LogP contribution in [0.1, 0.15) is 93.2 Å². The average molecular weight is 507 g/mol. The number of nitrogens with one attached hydrogen (secondary N) is 1. The van der Waals surface area contributed by atoms with E-state index in [0.717, 1.165) is 38.6 Å². The summed E-state index contributed by atoms with van der Waals surface area (Å²) in [6.45, 7) is 13.2. The number of hydrogen-bond acceptors (Lipinski definition) is 3. The minimum atomic E-state index is -1.41. The summed E-state index contributed by atoms with van der Waals surface area (Å²) < 4.78 is 23.1. The Morgan fingerprint density at radius 1 is 0.722 bits per heavy atom. The molecule has 1 N–H and O–H groups in total. The van der Waals surface area contributed by atoms with Crippen molar-refractivity contribution in [2.24, 2.45) is 0 Å². The Kier molecular flexibility index (Phi) is 9.37. The van der Waals surface area contributed by atoms with Crippen LogP contribution in [-0.2, 0) is 11.0 Å². The summed E-state index contributed by atoms with van der Waals surface area (Å²) in [5.74, 6) is 1.74. The molecule has 0 fully saturated rings. The highest BCUT2D eigenvalue weighted by atomic mass is 32.2. The van der Waals surface area contributed by atoms with Gasteiger partial charge in [0.15, 0.2) is 0 Å². The number of ether oxygens (including phenoxy) is 1. The highest BCUT2D eigenvalue weighted by Crippen LogP contribution is 2.35. The topological polar surface area (TPSA) is 41.6 Å².